The zero-order chi connectivity index (χ0) is 18.8. The van der Waals surface area contributed by atoms with Crippen LogP contribution < -0.4 is 20.7 Å². The SMILES string of the molecule is CCNC(=NCc1ccc(OC)cc1)NCC(NC(=O)OCC)C1CC1.I. The lowest BCUT2D eigenvalue weighted by atomic mass is 10.2. The Morgan fingerprint density at radius 1 is 1.22 bits per heavy atom. The highest BCUT2D eigenvalue weighted by atomic mass is 127. The van der Waals surface area contributed by atoms with E-state index in [0.717, 1.165) is 36.7 Å². The summed E-state index contributed by atoms with van der Waals surface area (Å²) in [7, 11) is 1.65. The molecule has 0 aliphatic heterocycles. The number of amides is 1. The minimum atomic E-state index is -0.355. The summed E-state index contributed by atoms with van der Waals surface area (Å²) in [5.74, 6) is 2.08. The number of ether oxygens (including phenoxy) is 2. The van der Waals surface area contributed by atoms with Gasteiger partial charge in [0, 0.05) is 13.1 Å². The highest BCUT2D eigenvalue weighted by molar-refractivity contribution is 14.0. The van der Waals surface area contributed by atoms with Gasteiger partial charge in [0.2, 0.25) is 0 Å². The molecular formula is C19H31IN4O3. The second-order valence-electron chi connectivity index (χ2n) is 6.23. The highest BCUT2D eigenvalue weighted by Gasteiger charge is 2.32. The Hall–Kier alpha value is -1.71. The van der Waals surface area contributed by atoms with Gasteiger partial charge in [-0.25, -0.2) is 9.79 Å². The lowest BCUT2D eigenvalue weighted by Gasteiger charge is -2.20. The summed E-state index contributed by atoms with van der Waals surface area (Å²) >= 11 is 0. The molecule has 7 nitrogen and oxygen atoms in total. The second kappa shape index (κ2) is 12.6. The molecule has 1 aromatic rings. The smallest absolute Gasteiger partial charge is 0.407 e. The highest BCUT2D eigenvalue weighted by Crippen LogP contribution is 2.32. The van der Waals surface area contributed by atoms with E-state index in [9.17, 15) is 4.79 Å². The first-order valence-electron chi connectivity index (χ1n) is 9.24. The van der Waals surface area contributed by atoms with Gasteiger partial charge in [0.05, 0.1) is 26.3 Å². The van der Waals surface area contributed by atoms with E-state index >= 15 is 0 Å². The molecule has 0 saturated heterocycles. The Balaban J connectivity index is 0.00000364. The van der Waals surface area contributed by atoms with Gasteiger partial charge >= 0.3 is 6.09 Å². The summed E-state index contributed by atoms with van der Waals surface area (Å²) in [5.41, 5.74) is 1.10. The van der Waals surface area contributed by atoms with Crippen molar-refractivity contribution in [3.05, 3.63) is 29.8 Å². The summed E-state index contributed by atoms with van der Waals surface area (Å²) in [6.07, 6.45) is 1.92. The zero-order valence-electron chi connectivity index (χ0n) is 16.3. The standard InChI is InChI=1S/C19H30N4O3.HI/c1-4-20-18(21-12-14-6-10-16(25-3)11-7-14)22-13-17(15-8-9-15)23-19(24)26-5-2;/h6-7,10-11,15,17H,4-5,8-9,12-13H2,1-3H3,(H,23,24)(H2,20,21,22);1H. The number of nitrogens with one attached hydrogen (secondary N) is 3. The van der Waals surface area contributed by atoms with E-state index in [2.05, 4.69) is 20.9 Å². The Labute approximate surface area is 178 Å². The van der Waals surface area contributed by atoms with Crippen LogP contribution in [0.2, 0.25) is 0 Å². The molecule has 152 valence electrons. The third-order valence-electron chi connectivity index (χ3n) is 4.18. The quantitative estimate of drug-likeness (QED) is 0.282. The van der Waals surface area contributed by atoms with Gasteiger partial charge in [0.1, 0.15) is 5.75 Å². The molecule has 1 amide bonds. The van der Waals surface area contributed by atoms with Crippen molar-refractivity contribution in [3.63, 3.8) is 0 Å². The molecule has 2 rings (SSSR count). The molecule has 0 aromatic heterocycles. The van der Waals surface area contributed by atoms with Crippen LogP contribution in [-0.2, 0) is 11.3 Å². The minimum absolute atomic E-state index is 0. The number of carbonyl (C=O) groups excluding carboxylic acids is 1. The summed E-state index contributed by atoms with van der Waals surface area (Å²) in [6, 6.07) is 7.91. The Morgan fingerprint density at radius 2 is 1.93 bits per heavy atom. The normalized spacial score (nSPS) is 14.6. The second-order valence-corrected chi connectivity index (χ2v) is 6.23. The fourth-order valence-corrected chi connectivity index (χ4v) is 2.61. The van der Waals surface area contributed by atoms with E-state index in [1.807, 2.05) is 31.2 Å². The number of nitrogens with zero attached hydrogens (tertiary/aromatic N) is 1. The first-order chi connectivity index (χ1) is 12.7. The molecule has 0 heterocycles. The number of halogens is 1. The fraction of sp³-hybridized carbons (Fsp3) is 0.579. The number of benzene rings is 1. The van der Waals surface area contributed by atoms with Gasteiger partial charge in [-0.2, -0.15) is 0 Å². The third-order valence-corrected chi connectivity index (χ3v) is 4.18. The fourth-order valence-electron chi connectivity index (χ4n) is 2.61. The summed E-state index contributed by atoms with van der Waals surface area (Å²) in [5, 5.41) is 9.51. The number of aliphatic imine (C=N–C) groups is 1. The lowest BCUT2D eigenvalue weighted by molar-refractivity contribution is 0.146. The third kappa shape index (κ3) is 8.68. The van der Waals surface area contributed by atoms with Gasteiger partial charge in [-0.05, 0) is 50.3 Å². The predicted octanol–water partition coefficient (Wildman–Crippen LogP) is 2.89. The minimum Gasteiger partial charge on any atom is -0.497 e. The van der Waals surface area contributed by atoms with Crippen molar-refractivity contribution in [2.75, 3.05) is 26.8 Å². The van der Waals surface area contributed by atoms with Crippen molar-refractivity contribution < 1.29 is 14.3 Å². The maximum absolute atomic E-state index is 11.7. The number of methoxy groups -OCH3 is 1. The molecule has 1 aromatic carbocycles. The van der Waals surface area contributed by atoms with Crippen LogP contribution in [0.5, 0.6) is 5.75 Å². The Bertz CT molecular complexity index is 591. The van der Waals surface area contributed by atoms with Crippen LogP contribution in [0, 0.1) is 5.92 Å². The number of hydrogen-bond donors (Lipinski definition) is 3. The number of alkyl carbamates (subject to hydrolysis) is 1. The van der Waals surface area contributed by atoms with Crippen molar-refractivity contribution in [1.29, 1.82) is 0 Å². The van der Waals surface area contributed by atoms with Crippen molar-refractivity contribution in [2.24, 2.45) is 10.9 Å². The van der Waals surface area contributed by atoms with E-state index in [4.69, 9.17) is 9.47 Å². The molecule has 0 spiro atoms. The maximum Gasteiger partial charge on any atom is 0.407 e. The van der Waals surface area contributed by atoms with Gasteiger partial charge in [-0.15, -0.1) is 24.0 Å². The van der Waals surface area contributed by atoms with Gasteiger partial charge in [0.15, 0.2) is 5.96 Å². The molecule has 1 atom stereocenters. The summed E-state index contributed by atoms with van der Waals surface area (Å²) in [4.78, 5) is 16.3. The average molecular weight is 490 g/mol. The molecule has 27 heavy (non-hydrogen) atoms. The van der Waals surface area contributed by atoms with E-state index in [1.165, 1.54) is 0 Å². The molecule has 0 radical (unpaired) electrons. The Kier molecular flexibility index (Phi) is 10.9. The van der Waals surface area contributed by atoms with Gasteiger partial charge in [0.25, 0.3) is 0 Å². The largest absolute Gasteiger partial charge is 0.497 e. The van der Waals surface area contributed by atoms with E-state index in [-0.39, 0.29) is 36.1 Å². The van der Waals surface area contributed by atoms with Crippen molar-refractivity contribution in [2.45, 2.75) is 39.3 Å². The first-order valence-corrected chi connectivity index (χ1v) is 9.24. The molecule has 3 N–H and O–H groups in total. The number of rotatable bonds is 9. The van der Waals surface area contributed by atoms with Crippen LogP contribution in [0.4, 0.5) is 4.79 Å². The summed E-state index contributed by atoms with van der Waals surface area (Å²) < 4.78 is 10.2. The Morgan fingerprint density at radius 3 is 2.48 bits per heavy atom. The van der Waals surface area contributed by atoms with Gasteiger partial charge < -0.3 is 25.4 Å². The molecule has 1 fully saturated rings. The van der Waals surface area contributed by atoms with Crippen LogP contribution in [0.3, 0.4) is 0 Å². The van der Waals surface area contributed by atoms with Crippen LogP contribution in [-0.4, -0.2) is 44.9 Å². The predicted molar refractivity (Wildman–Crippen MR) is 118 cm³/mol. The van der Waals surface area contributed by atoms with E-state index in [1.54, 1.807) is 14.0 Å². The molecule has 1 saturated carbocycles. The maximum atomic E-state index is 11.7. The first kappa shape index (κ1) is 23.3. The molecular weight excluding hydrogens is 459 g/mol. The topological polar surface area (TPSA) is 84.0 Å². The van der Waals surface area contributed by atoms with Crippen LogP contribution >= 0.6 is 24.0 Å². The van der Waals surface area contributed by atoms with Gasteiger partial charge in [-0.1, -0.05) is 12.1 Å². The van der Waals surface area contributed by atoms with Crippen molar-refractivity contribution >= 4 is 36.0 Å². The number of hydrogen-bond acceptors (Lipinski definition) is 4. The average Bonchev–Trinajstić information content (AvgIpc) is 3.48. The van der Waals surface area contributed by atoms with Crippen molar-refractivity contribution in [3.8, 4) is 5.75 Å². The van der Waals surface area contributed by atoms with E-state index < -0.39 is 0 Å². The van der Waals surface area contributed by atoms with Crippen LogP contribution in [0.1, 0.15) is 32.3 Å². The van der Waals surface area contributed by atoms with E-state index in [0.29, 0.717) is 25.6 Å². The monoisotopic (exact) mass is 490 g/mol. The molecule has 8 heteroatoms. The molecule has 1 aliphatic carbocycles. The zero-order valence-corrected chi connectivity index (χ0v) is 18.6. The lowest BCUT2D eigenvalue weighted by Crippen LogP contribution is -2.48. The number of carbonyl (C=O) groups is 1. The molecule has 1 unspecified atom stereocenters. The van der Waals surface area contributed by atoms with Crippen LogP contribution in [0.25, 0.3) is 0 Å². The molecule has 0 bridgehead atoms. The van der Waals surface area contributed by atoms with Crippen LogP contribution in [0.15, 0.2) is 29.3 Å². The number of guanidine groups is 1. The summed E-state index contributed by atoms with van der Waals surface area (Å²) in [6.45, 7) is 6.17. The molecule has 1 aliphatic rings. The van der Waals surface area contributed by atoms with Gasteiger partial charge in [-0.3, -0.25) is 0 Å². The van der Waals surface area contributed by atoms with Crippen molar-refractivity contribution in [1.82, 2.24) is 16.0 Å².